The highest BCUT2D eigenvalue weighted by Crippen LogP contribution is 2.27. The molecule has 0 saturated heterocycles. The lowest BCUT2D eigenvalue weighted by molar-refractivity contribution is -0.129. The van der Waals surface area contributed by atoms with Gasteiger partial charge in [-0.3, -0.25) is 4.79 Å². The van der Waals surface area contributed by atoms with Crippen molar-refractivity contribution in [1.29, 1.82) is 0 Å². The third kappa shape index (κ3) is 5.24. The number of hydrogen-bond donors (Lipinski definition) is 1. The zero-order chi connectivity index (χ0) is 15.8. The third-order valence-corrected chi connectivity index (χ3v) is 3.12. The largest absolute Gasteiger partial charge is 0.493 e. The van der Waals surface area contributed by atoms with Gasteiger partial charge in [-0.15, -0.1) is 0 Å². The van der Waals surface area contributed by atoms with Gasteiger partial charge in [-0.05, 0) is 17.7 Å². The lowest BCUT2D eigenvalue weighted by Gasteiger charge is -2.21. The molecule has 21 heavy (non-hydrogen) atoms. The average molecular weight is 296 g/mol. The van der Waals surface area contributed by atoms with Crippen molar-refractivity contribution in [3.8, 4) is 11.5 Å². The molecule has 1 atom stereocenters. The van der Waals surface area contributed by atoms with E-state index in [9.17, 15) is 4.79 Å². The Labute approximate surface area is 125 Å². The van der Waals surface area contributed by atoms with Crippen molar-refractivity contribution in [2.45, 2.75) is 12.5 Å². The van der Waals surface area contributed by atoms with Gasteiger partial charge in [0.1, 0.15) is 0 Å². The monoisotopic (exact) mass is 296 g/mol. The van der Waals surface area contributed by atoms with Gasteiger partial charge in [-0.2, -0.15) is 0 Å². The van der Waals surface area contributed by atoms with E-state index in [1.807, 2.05) is 6.07 Å². The van der Waals surface area contributed by atoms with Crippen LogP contribution in [-0.2, 0) is 16.0 Å². The number of amides is 1. The maximum atomic E-state index is 12.2. The van der Waals surface area contributed by atoms with Gasteiger partial charge in [0.05, 0.1) is 27.2 Å². The number of nitrogens with zero attached hydrogens (tertiary/aromatic N) is 1. The lowest BCUT2D eigenvalue weighted by Crippen LogP contribution is -2.41. The summed E-state index contributed by atoms with van der Waals surface area (Å²) in [6.07, 6.45) is 0.288. The number of ether oxygens (including phenoxy) is 3. The second kappa shape index (κ2) is 8.49. The Hall–Kier alpha value is -1.79. The van der Waals surface area contributed by atoms with Crippen molar-refractivity contribution >= 4 is 5.91 Å². The normalized spacial score (nSPS) is 11.9. The zero-order valence-electron chi connectivity index (χ0n) is 13.1. The molecule has 0 saturated carbocycles. The summed E-state index contributed by atoms with van der Waals surface area (Å²) in [6, 6.07) is 5.26. The first-order valence-electron chi connectivity index (χ1n) is 6.71. The fraction of sp³-hybridized carbons (Fsp3) is 0.533. The second-order valence-corrected chi connectivity index (χ2v) is 4.86. The van der Waals surface area contributed by atoms with Crippen molar-refractivity contribution < 1.29 is 19.0 Å². The van der Waals surface area contributed by atoms with Gasteiger partial charge in [0.2, 0.25) is 5.91 Å². The van der Waals surface area contributed by atoms with Crippen molar-refractivity contribution in [2.24, 2.45) is 5.73 Å². The molecule has 0 heterocycles. The average Bonchev–Trinajstić information content (AvgIpc) is 2.47. The highest BCUT2D eigenvalue weighted by Gasteiger charge is 2.14. The van der Waals surface area contributed by atoms with Crippen molar-refractivity contribution in [1.82, 2.24) is 4.90 Å². The fourth-order valence-corrected chi connectivity index (χ4v) is 2.02. The van der Waals surface area contributed by atoms with E-state index in [0.717, 1.165) is 5.56 Å². The number of methoxy groups -OCH3 is 3. The van der Waals surface area contributed by atoms with Crippen LogP contribution in [0.1, 0.15) is 5.56 Å². The van der Waals surface area contributed by atoms with Crippen molar-refractivity contribution in [2.75, 3.05) is 41.5 Å². The first kappa shape index (κ1) is 17.3. The molecule has 0 radical (unpaired) electrons. The molecular formula is C15H24N2O4. The molecule has 1 aromatic carbocycles. The van der Waals surface area contributed by atoms with E-state index in [1.54, 1.807) is 45.4 Å². The summed E-state index contributed by atoms with van der Waals surface area (Å²) in [7, 11) is 6.47. The van der Waals surface area contributed by atoms with E-state index in [0.29, 0.717) is 24.7 Å². The summed E-state index contributed by atoms with van der Waals surface area (Å²) in [6.45, 7) is 0.883. The van der Waals surface area contributed by atoms with Gasteiger partial charge >= 0.3 is 0 Å². The Morgan fingerprint density at radius 2 is 1.90 bits per heavy atom. The van der Waals surface area contributed by atoms with Crippen LogP contribution >= 0.6 is 0 Å². The van der Waals surface area contributed by atoms with Crippen LogP contribution in [0.15, 0.2) is 18.2 Å². The minimum atomic E-state index is -0.186. The summed E-state index contributed by atoms with van der Waals surface area (Å²) in [5.41, 5.74) is 6.71. The number of rotatable bonds is 8. The summed E-state index contributed by atoms with van der Waals surface area (Å²) in [5, 5.41) is 0. The second-order valence-electron chi connectivity index (χ2n) is 4.86. The topological polar surface area (TPSA) is 74.0 Å². The lowest BCUT2D eigenvalue weighted by atomic mass is 10.1. The molecule has 1 rings (SSSR count). The van der Waals surface area contributed by atoms with Crippen LogP contribution in [0.4, 0.5) is 0 Å². The molecule has 0 aliphatic carbocycles. The van der Waals surface area contributed by atoms with E-state index < -0.39 is 0 Å². The van der Waals surface area contributed by atoms with Crippen LogP contribution in [-0.4, -0.2) is 58.4 Å². The van der Waals surface area contributed by atoms with Crippen LogP contribution in [0.3, 0.4) is 0 Å². The number of benzene rings is 1. The number of hydrogen-bond acceptors (Lipinski definition) is 5. The molecule has 0 fully saturated rings. The molecule has 0 aliphatic rings. The van der Waals surface area contributed by atoms with E-state index in [2.05, 4.69) is 0 Å². The number of nitrogens with two attached hydrogens (primary N) is 1. The van der Waals surface area contributed by atoms with E-state index in [-0.39, 0.29) is 18.4 Å². The Balaban J connectivity index is 2.65. The molecule has 118 valence electrons. The fourth-order valence-electron chi connectivity index (χ4n) is 2.02. The maximum absolute atomic E-state index is 12.2. The Morgan fingerprint density at radius 1 is 1.24 bits per heavy atom. The van der Waals surface area contributed by atoms with E-state index >= 15 is 0 Å². The van der Waals surface area contributed by atoms with Gasteiger partial charge in [-0.1, -0.05) is 6.07 Å². The number of likely N-dealkylation sites (N-methyl/N-ethyl adjacent to an activating group) is 1. The predicted octanol–water partition coefficient (Wildman–Crippen LogP) is 0.678. The summed E-state index contributed by atoms with van der Waals surface area (Å²) in [5.74, 6) is 1.25. The Kier molecular flexibility index (Phi) is 6.98. The minimum Gasteiger partial charge on any atom is -0.493 e. The first-order chi connectivity index (χ1) is 10.0. The summed E-state index contributed by atoms with van der Waals surface area (Å²) < 4.78 is 15.4. The number of carbonyl (C=O) groups excluding carboxylic acids is 1. The molecule has 0 aliphatic heterocycles. The van der Waals surface area contributed by atoms with Crippen LogP contribution < -0.4 is 15.2 Å². The number of carbonyl (C=O) groups is 1. The molecular weight excluding hydrogens is 272 g/mol. The molecule has 0 bridgehead atoms. The van der Waals surface area contributed by atoms with Crippen molar-refractivity contribution in [3.05, 3.63) is 23.8 Å². The molecule has 6 nitrogen and oxygen atoms in total. The predicted molar refractivity (Wildman–Crippen MR) is 80.7 cm³/mol. The highest BCUT2D eigenvalue weighted by molar-refractivity contribution is 5.78. The summed E-state index contributed by atoms with van der Waals surface area (Å²) >= 11 is 0. The maximum Gasteiger partial charge on any atom is 0.226 e. The standard InChI is InChI=1S/C15H24N2O4/c1-17(9-12(16)10-19-2)15(18)8-11-5-6-13(20-3)14(7-11)21-4/h5-7,12H,8-10,16H2,1-4H3. The van der Waals surface area contributed by atoms with Crippen LogP contribution in [0.25, 0.3) is 0 Å². The zero-order valence-corrected chi connectivity index (χ0v) is 13.1. The van der Waals surface area contributed by atoms with Crippen molar-refractivity contribution in [3.63, 3.8) is 0 Å². The molecule has 6 heteroatoms. The Morgan fingerprint density at radius 3 is 2.48 bits per heavy atom. The van der Waals surface area contributed by atoms with Crippen LogP contribution in [0.2, 0.25) is 0 Å². The van der Waals surface area contributed by atoms with Gasteiger partial charge in [0.25, 0.3) is 0 Å². The van der Waals surface area contributed by atoms with Gasteiger partial charge in [0, 0.05) is 26.7 Å². The minimum absolute atomic E-state index is 0.00577. The smallest absolute Gasteiger partial charge is 0.226 e. The van der Waals surface area contributed by atoms with E-state index in [1.165, 1.54) is 0 Å². The van der Waals surface area contributed by atoms with Gasteiger partial charge in [-0.25, -0.2) is 0 Å². The molecule has 1 amide bonds. The Bertz CT molecular complexity index is 465. The van der Waals surface area contributed by atoms with Crippen LogP contribution in [0.5, 0.6) is 11.5 Å². The van der Waals surface area contributed by atoms with Gasteiger partial charge in [0.15, 0.2) is 11.5 Å². The highest BCUT2D eigenvalue weighted by atomic mass is 16.5. The first-order valence-corrected chi connectivity index (χ1v) is 6.71. The molecule has 1 aromatic rings. The van der Waals surface area contributed by atoms with Crippen LogP contribution in [0, 0.1) is 0 Å². The SMILES string of the molecule is COCC(N)CN(C)C(=O)Cc1ccc(OC)c(OC)c1. The molecule has 0 aromatic heterocycles. The summed E-state index contributed by atoms with van der Waals surface area (Å²) in [4.78, 5) is 13.8. The molecule has 0 spiro atoms. The van der Waals surface area contributed by atoms with Gasteiger partial charge < -0.3 is 24.8 Å². The quantitative estimate of drug-likeness (QED) is 0.763. The molecule has 1 unspecified atom stereocenters. The third-order valence-electron chi connectivity index (χ3n) is 3.12. The molecule has 2 N–H and O–H groups in total. The van der Waals surface area contributed by atoms with E-state index in [4.69, 9.17) is 19.9 Å².